The predicted molar refractivity (Wildman–Crippen MR) is 74.7 cm³/mol. The van der Waals surface area contributed by atoms with Crippen molar-refractivity contribution in [2.24, 2.45) is 0 Å². The molecule has 6 nitrogen and oxygen atoms in total. The molecule has 0 aromatic carbocycles. The summed E-state index contributed by atoms with van der Waals surface area (Å²) in [6.45, 7) is 4.87. The van der Waals surface area contributed by atoms with Gasteiger partial charge in [-0.15, -0.1) is 0 Å². The van der Waals surface area contributed by atoms with Crippen molar-refractivity contribution < 1.29 is 4.74 Å². The normalized spacial score (nSPS) is 16.4. The third-order valence-corrected chi connectivity index (χ3v) is 3.49. The number of morpholine rings is 1. The standard InChI is InChI=1S/C14H19N5O/c1-3-13(11-15-5-1)19-14(16-12-17-19)4-2-6-18-7-9-20-10-8-18/h1,3,5,11-12H,2,4,6-10H2. The molecule has 2 aromatic heterocycles. The monoisotopic (exact) mass is 273 g/mol. The van der Waals surface area contributed by atoms with Crippen LogP contribution in [0, 0.1) is 0 Å². The zero-order chi connectivity index (χ0) is 13.6. The lowest BCUT2D eigenvalue weighted by molar-refractivity contribution is 0.0374. The predicted octanol–water partition coefficient (Wildman–Crippen LogP) is 0.927. The van der Waals surface area contributed by atoms with Gasteiger partial charge in [0.2, 0.25) is 0 Å². The highest BCUT2D eigenvalue weighted by atomic mass is 16.5. The van der Waals surface area contributed by atoms with Crippen molar-refractivity contribution in [1.29, 1.82) is 0 Å². The van der Waals surface area contributed by atoms with Gasteiger partial charge in [0.1, 0.15) is 12.2 Å². The molecule has 0 saturated carbocycles. The minimum Gasteiger partial charge on any atom is -0.379 e. The molecule has 1 fully saturated rings. The van der Waals surface area contributed by atoms with Gasteiger partial charge in [-0.2, -0.15) is 5.10 Å². The molecule has 2 aromatic rings. The summed E-state index contributed by atoms with van der Waals surface area (Å²) in [4.78, 5) is 10.9. The molecule has 0 unspecified atom stereocenters. The first-order chi connectivity index (χ1) is 9.93. The first-order valence-electron chi connectivity index (χ1n) is 7.03. The molecular weight excluding hydrogens is 254 g/mol. The number of hydrogen-bond donors (Lipinski definition) is 0. The van der Waals surface area contributed by atoms with Crippen LogP contribution >= 0.6 is 0 Å². The van der Waals surface area contributed by atoms with Gasteiger partial charge in [0.05, 0.1) is 25.1 Å². The Labute approximate surface area is 118 Å². The number of aromatic nitrogens is 4. The second-order valence-corrected chi connectivity index (χ2v) is 4.86. The SMILES string of the molecule is c1cncc(-n2ncnc2CCCN2CCOCC2)c1. The van der Waals surface area contributed by atoms with Gasteiger partial charge in [-0.05, 0) is 25.1 Å². The average molecular weight is 273 g/mol. The van der Waals surface area contributed by atoms with Gasteiger partial charge in [0.15, 0.2) is 0 Å². The van der Waals surface area contributed by atoms with Gasteiger partial charge in [-0.25, -0.2) is 9.67 Å². The second kappa shape index (κ2) is 6.58. The van der Waals surface area contributed by atoms with E-state index in [1.807, 2.05) is 16.8 Å². The van der Waals surface area contributed by atoms with Gasteiger partial charge in [-0.1, -0.05) is 0 Å². The molecule has 20 heavy (non-hydrogen) atoms. The molecule has 3 heterocycles. The zero-order valence-corrected chi connectivity index (χ0v) is 11.5. The van der Waals surface area contributed by atoms with E-state index in [4.69, 9.17) is 4.74 Å². The summed E-state index contributed by atoms with van der Waals surface area (Å²) in [6.07, 6.45) is 7.18. The lowest BCUT2D eigenvalue weighted by atomic mass is 10.2. The lowest BCUT2D eigenvalue weighted by Crippen LogP contribution is -2.37. The largest absolute Gasteiger partial charge is 0.379 e. The Bertz CT molecular complexity index is 521. The Morgan fingerprint density at radius 2 is 2.15 bits per heavy atom. The number of hydrogen-bond acceptors (Lipinski definition) is 5. The summed E-state index contributed by atoms with van der Waals surface area (Å²) >= 11 is 0. The quantitative estimate of drug-likeness (QED) is 0.811. The van der Waals surface area contributed by atoms with E-state index in [-0.39, 0.29) is 0 Å². The van der Waals surface area contributed by atoms with Crippen LogP contribution in [0.3, 0.4) is 0 Å². The highest BCUT2D eigenvalue weighted by Crippen LogP contribution is 2.09. The number of pyridine rings is 1. The maximum Gasteiger partial charge on any atom is 0.138 e. The number of aryl methyl sites for hydroxylation is 1. The van der Waals surface area contributed by atoms with Crippen molar-refractivity contribution in [1.82, 2.24) is 24.6 Å². The summed E-state index contributed by atoms with van der Waals surface area (Å²) in [5.74, 6) is 0.992. The topological polar surface area (TPSA) is 56.1 Å². The van der Waals surface area contributed by atoms with Crippen LogP contribution < -0.4 is 0 Å². The summed E-state index contributed by atoms with van der Waals surface area (Å²) in [5.41, 5.74) is 0.964. The van der Waals surface area contributed by atoms with Crippen LogP contribution in [0.5, 0.6) is 0 Å². The molecule has 3 rings (SSSR count). The van der Waals surface area contributed by atoms with Gasteiger partial charge >= 0.3 is 0 Å². The molecule has 0 amide bonds. The van der Waals surface area contributed by atoms with Gasteiger partial charge in [-0.3, -0.25) is 9.88 Å². The third kappa shape index (κ3) is 3.20. The molecule has 0 bridgehead atoms. The molecule has 0 N–H and O–H groups in total. The van der Waals surface area contributed by atoms with E-state index in [0.29, 0.717) is 0 Å². The van der Waals surface area contributed by atoms with Crippen molar-refractivity contribution in [3.8, 4) is 5.69 Å². The van der Waals surface area contributed by atoms with Crippen LogP contribution in [-0.2, 0) is 11.2 Å². The maximum atomic E-state index is 5.35. The van der Waals surface area contributed by atoms with Crippen molar-refractivity contribution >= 4 is 0 Å². The average Bonchev–Trinajstić information content (AvgIpc) is 2.98. The van der Waals surface area contributed by atoms with Crippen molar-refractivity contribution in [2.75, 3.05) is 32.8 Å². The van der Waals surface area contributed by atoms with E-state index in [1.54, 1.807) is 18.7 Å². The molecule has 6 heteroatoms. The molecule has 1 aliphatic rings. The molecule has 0 atom stereocenters. The summed E-state index contributed by atoms with van der Waals surface area (Å²) in [6, 6.07) is 3.90. The van der Waals surface area contributed by atoms with Gasteiger partial charge in [0.25, 0.3) is 0 Å². The number of ether oxygens (including phenoxy) is 1. The van der Waals surface area contributed by atoms with Crippen LogP contribution in [-0.4, -0.2) is 57.5 Å². The first kappa shape index (κ1) is 13.2. The van der Waals surface area contributed by atoms with Crippen LogP contribution in [0.4, 0.5) is 0 Å². The van der Waals surface area contributed by atoms with Crippen molar-refractivity contribution in [3.05, 3.63) is 36.7 Å². The van der Waals surface area contributed by atoms with E-state index in [1.165, 1.54) is 0 Å². The van der Waals surface area contributed by atoms with E-state index in [2.05, 4.69) is 20.0 Å². The fourth-order valence-electron chi connectivity index (χ4n) is 2.42. The summed E-state index contributed by atoms with van der Waals surface area (Å²) < 4.78 is 7.22. The maximum absolute atomic E-state index is 5.35. The van der Waals surface area contributed by atoms with Crippen molar-refractivity contribution in [3.63, 3.8) is 0 Å². The molecule has 0 radical (unpaired) electrons. The van der Waals surface area contributed by atoms with Crippen molar-refractivity contribution in [2.45, 2.75) is 12.8 Å². The molecule has 0 aliphatic carbocycles. The Morgan fingerprint density at radius 3 is 2.95 bits per heavy atom. The van der Waals surface area contributed by atoms with E-state index >= 15 is 0 Å². The molecule has 1 aliphatic heterocycles. The van der Waals surface area contributed by atoms with Gasteiger partial charge < -0.3 is 4.74 Å². The first-order valence-corrected chi connectivity index (χ1v) is 7.03. The van der Waals surface area contributed by atoms with E-state index < -0.39 is 0 Å². The van der Waals surface area contributed by atoms with Gasteiger partial charge in [0, 0.05) is 25.7 Å². The van der Waals surface area contributed by atoms with E-state index in [0.717, 1.165) is 57.2 Å². The minimum absolute atomic E-state index is 0.853. The minimum atomic E-state index is 0.853. The van der Waals surface area contributed by atoms with E-state index in [9.17, 15) is 0 Å². The second-order valence-electron chi connectivity index (χ2n) is 4.86. The molecule has 106 valence electrons. The number of rotatable bonds is 5. The third-order valence-electron chi connectivity index (χ3n) is 3.49. The Kier molecular flexibility index (Phi) is 4.35. The van der Waals surface area contributed by atoms with Crippen LogP contribution in [0.25, 0.3) is 5.69 Å². The number of nitrogens with zero attached hydrogens (tertiary/aromatic N) is 5. The Morgan fingerprint density at radius 1 is 1.25 bits per heavy atom. The lowest BCUT2D eigenvalue weighted by Gasteiger charge is -2.26. The highest BCUT2D eigenvalue weighted by molar-refractivity contribution is 5.27. The fourth-order valence-corrected chi connectivity index (χ4v) is 2.42. The Balaban J connectivity index is 1.57. The summed E-state index contributed by atoms with van der Waals surface area (Å²) in [7, 11) is 0. The zero-order valence-electron chi connectivity index (χ0n) is 11.5. The summed E-state index contributed by atoms with van der Waals surface area (Å²) in [5, 5.41) is 4.28. The fraction of sp³-hybridized carbons (Fsp3) is 0.500. The highest BCUT2D eigenvalue weighted by Gasteiger charge is 2.11. The molecule has 1 saturated heterocycles. The smallest absolute Gasteiger partial charge is 0.138 e. The molecule has 0 spiro atoms. The van der Waals surface area contributed by atoms with Crippen LogP contribution in [0.2, 0.25) is 0 Å². The molecular formula is C14H19N5O. The Hall–Kier alpha value is -1.79. The van der Waals surface area contributed by atoms with Crippen LogP contribution in [0.15, 0.2) is 30.9 Å². The van der Waals surface area contributed by atoms with Crippen LogP contribution in [0.1, 0.15) is 12.2 Å².